The van der Waals surface area contributed by atoms with E-state index in [1.807, 2.05) is 0 Å². The van der Waals surface area contributed by atoms with Crippen LogP contribution in [0.15, 0.2) is 42.5 Å². The highest BCUT2D eigenvalue weighted by molar-refractivity contribution is 5.90. The van der Waals surface area contributed by atoms with Gasteiger partial charge in [0, 0.05) is 19.0 Å². The van der Waals surface area contributed by atoms with Crippen LogP contribution in [0.3, 0.4) is 0 Å². The van der Waals surface area contributed by atoms with Gasteiger partial charge in [0.25, 0.3) is 0 Å². The third-order valence-corrected chi connectivity index (χ3v) is 4.98. The van der Waals surface area contributed by atoms with Crippen LogP contribution in [0.25, 0.3) is 11.1 Å². The first kappa shape index (κ1) is 23.2. The van der Waals surface area contributed by atoms with Gasteiger partial charge < -0.3 is 26.2 Å². The number of amides is 3. The van der Waals surface area contributed by atoms with Crippen LogP contribution in [0.2, 0.25) is 0 Å². The van der Waals surface area contributed by atoms with Gasteiger partial charge in [-0.2, -0.15) is 0 Å². The largest absolute Gasteiger partial charge is 0.442 e. The molecule has 0 aliphatic carbocycles. The molecule has 0 spiro atoms. The molecule has 0 unspecified atom stereocenters. The Hall–Kier alpha value is -3.50. The molecule has 1 saturated heterocycles. The van der Waals surface area contributed by atoms with E-state index < -0.39 is 36.6 Å². The van der Waals surface area contributed by atoms with E-state index in [4.69, 9.17) is 15.6 Å². The average Bonchev–Trinajstić information content (AvgIpc) is 3.16. The predicted octanol–water partition coefficient (Wildman–Crippen LogP) is 0.890. The highest BCUT2D eigenvalue weighted by atomic mass is 19.1. The van der Waals surface area contributed by atoms with Crippen molar-refractivity contribution in [2.75, 3.05) is 24.6 Å². The molecule has 1 fully saturated rings. The Morgan fingerprint density at radius 3 is 2.59 bits per heavy atom. The fraction of sp³-hybridized carbons (Fsp3) is 0.318. The smallest absolute Gasteiger partial charge is 0.414 e. The monoisotopic (exact) mass is 444 g/mol. The van der Waals surface area contributed by atoms with Crippen LogP contribution < -0.4 is 21.3 Å². The van der Waals surface area contributed by atoms with Crippen molar-refractivity contribution in [3.63, 3.8) is 0 Å². The van der Waals surface area contributed by atoms with Gasteiger partial charge in [0.05, 0.1) is 25.4 Å². The summed E-state index contributed by atoms with van der Waals surface area (Å²) in [6.07, 6.45) is -1.10. The first-order valence-corrected chi connectivity index (χ1v) is 10.0. The van der Waals surface area contributed by atoms with Crippen LogP contribution >= 0.6 is 0 Å². The number of anilines is 1. The molecule has 1 aliphatic rings. The SMILES string of the molecule is CC(=O)NC[C@H]1CN(c2ccc(-c3ccc(CNC(=O)[C@H](N)CO)cc3)c(F)c2)C(=O)O1. The topological polar surface area (TPSA) is 134 Å². The van der Waals surface area contributed by atoms with E-state index in [-0.39, 0.29) is 25.5 Å². The fourth-order valence-corrected chi connectivity index (χ4v) is 3.21. The van der Waals surface area contributed by atoms with Gasteiger partial charge in [-0.1, -0.05) is 24.3 Å². The summed E-state index contributed by atoms with van der Waals surface area (Å²) in [6.45, 7) is 1.56. The first-order chi connectivity index (χ1) is 15.3. The van der Waals surface area contributed by atoms with Gasteiger partial charge in [0.2, 0.25) is 11.8 Å². The number of carbonyl (C=O) groups excluding carboxylic acids is 3. The van der Waals surface area contributed by atoms with E-state index in [2.05, 4.69) is 10.6 Å². The molecule has 0 saturated carbocycles. The summed E-state index contributed by atoms with van der Waals surface area (Å²) in [6, 6.07) is 10.4. The maximum atomic E-state index is 14.8. The number of halogens is 1. The Morgan fingerprint density at radius 1 is 1.25 bits per heavy atom. The molecule has 2 aromatic carbocycles. The van der Waals surface area contributed by atoms with Gasteiger partial charge in [-0.3, -0.25) is 14.5 Å². The third kappa shape index (κ3) is 5.59. The van der Waals surface area contributed by atoms with Gasteiger partial charge >= 0.3 is 6.09 Å². The number of aliphatic hydroxyl groups is 1. The molecule has 10 heteroatoms. The maximum Gasteiger partial charge on any atom is 0.414 e. The van der Waals surface area contributed by atoms with Crippen molar-refractivity contribution in [3.05, 3.63) is 53.8 Å². The zero-order chi connectivity index (χ0) is 23.3. The van der Waals surface area contributed by atoms with Crippen LogP contribution in [-0.4, -0.2) is 54.9 Å². The average molecular weight is 444 g/mol. The van der Waals surface area contributed by atoms with Crippen LogP contribution in [0, 0.1) is 5.82 Å². The second-order valence-corrected chi connectivity index (χ2v) is 7.42. The minimum absolute atomic E-state index is 0.191. The molecule has 0 bridgehead atoms. The number of ether oxygens (including phenoxy) is 1. The minimum Gasteiger partial charge on any atom is -0.442 e. The van der Waals surface area contributed by atoms with Crippen LogP contribution in [0.4, 0.5) is 14.9 Å². The van der Waals surface area contributed by atoms with E-state index in [0.29, 0.717) is 16.8 Å². The van der Waals surface area contributed by atoms with Gasteiger partial charge in [-0.25, -0.2) is 9.18 Å². The highest BCUT2D eigenvalue weighted by Gasteiger charge is 2.32. The van der Waals surface area contributed by atoms with Crippen molar-refractivity contribution < 1.29 is 28.6 Å². The number of nitrogens with one attached hydrogen (secondary N) is 2. The van der Waals surface area contributed by atoms with Crippen LogP contribution in [-0.2, 0) is 20.9 Å². The Balaban J connectivity index is 1.66. The summed E-state index contributed by atoms with van der Waals surface area (Å²) in [5.74, 6) is -1.19. The molecule has 2 aromatic rings. The second-order valence-electron chi connectivity index (χ2n) is 7.42. The first-order valence-electron chi connectivity index (χ1n) is 10.0. The molecule has 2 atom stereocenters. The van der Waals surface area contributed by atoms with Crippen molar-refractivity contribution in [1.82, 2.24) is 10.6 Å². The number of rotatable bonds is 8. The van der Waals surface area contributed by atoms with Crippen molar-refractivity contribution in [3.8, 4) is 11.1 Å². The number of hydrogen-bond donors (Lipinski definition) is 4. The summed E-state index contributed by atoms with van der Waals surface area (Å²) in [5, 5.41) is 14.1. The maximum absolute atomic E-state index is 14.8. The lowest BCUT2D eigenvalue weighted by Crippen LogP contribution is -2.42. The van der Waals surface area contributed by atoms with Gasteiger partial charge in [0.15, 0.2) is 0 Å². The second kappa shape index (κ2) is 10.2. The zero-order valence-electron chi connectivity index (χ0n) is 17.5. The summed E-state index contributed by atoms with van der Waals surface area (Å²) < 4.78 is 20.0. The molecule has 5 N–H and O–H groups in total. The predicted molar refractivity (Wildman–Crippen MR) is 115 cm³/mol. The van der Waals surface area contributed by atoms with E-state index in [1.54, 1.807) is 36.4 Å². The normalized spacial score (nSPS) is 16.4. The van der Waals surface area contributed by atoms with Crippen molar-refractivity contribution in [2.24, 2.45) is 5.73 Å². The summed E-state index contributed by atoms with van der Waals surface area (Å²) in [5.41, 5.74) is 7.58. The van der Waals surface area contributed by atoms with Crippen molar-refractivity contribution >= 4 is 23.6 Å². The molecule has 32 heavy (non-hydrogen) atoms. The quantitative estimate of drug-likeness (QED) is 0.478. The van der Waals surface area contributed by atoms with E-state index in [0.717, 1.165) is 5.56 Å². The highest BCUT2D eigenvalue weighted by Crippen LogP contribution is 2.29. The number of nitrogens with two attached hydrogens (primary N) is 1. The lowest BCUT2D eigenvalue weighted by atomic mass is 10.0. The van der Waals surface area contributed by atoms with Crippen LogP contribution in [0.5, 0.6) is 0 Å². The Morgan fingerprint density at radius 2 is 1.97 bits per heavy atom. The molecule has 0 aromatic heterocycles. The number of cyclic esters (lactones) is 1. The summed E-state index contributed by atoms with van der Waals surface area (Å²) in [4.78, 5) is 36.1. The molecule has 1 heterocycles. The lowest BCUT2D eigenvalue weighted by Gasteiger charge is -2.15. The van der Waals surface area contributed by atoms with Gasteiger partial charge in [-0.05, 0) is 29.3 Å². The van der Waals surface area contributed by atoms with E-state index >= 15 is 0 Å². The van der Waals surface area contributed by atoms with E-state index in [9.17, 15) is 18.8 Å². The Bertz CT molecular complexity index is 998. The molecule has 0 radical (unpaired) electrons. The molecule has 3 amide bonds. The molecular weight excluding hydrogens is 419 g/mol. The molecule has 9 nitrogen and oxygen atoms in total. The number of nitrogens with zero attached hydrogens (tertiary/aromatic N) is 1. The zero-order valence-corrected chi connectivity index (χ0v) is 17.5. The van der Waals surface area contributed by atoms with Gasteiger partial charge in [-0.15, -0.1) is 0 Å². The van der Waals surface area contributed by atoms with Crippen LogP contribution in [0.1, 0.15) is 12.5 Å². The molecule has 170 valence electrons. The summed E-state index contributed by atoms with van der Waals surface area (Å²) in [7, 11) is 0. The number of carbonyl (C=O) groups is 3. The number of aliphatic hydroxyl groups excluding tert-OH is 1. The molecule has 3 rings (SSSR count). The molecule has 1 aliphatic heterocycles. The number of benzene rings is 2. The van der Waals surface area contributed by atoms with Crippen molar-refractivity contribution in [1.29, 1.82) is 0 Å². The number of hydrogen-bond acceptors (Lipinski definition) is 6. The minimum atomic E-state index is -0.976. The van der Waals surface area contributed by atoms with Crippen molar-refractivity contribution in [2.45, 2.75) is 25.6 Å². The fourth-order valence-electron chi connectivity index (χ4n) is 3.21. The summed E-state index contributed by atoms with van der Waals surface area (Å²) >= 11 is 0. The Kier molecular flexibility index (Phi) is 7.39. The third-order valence-electron chi connectivity index (χ3n) is 4.98. The molecular formula is C22H25FN4O5. The standard InChI is InChI=1S/C22H25FN4O5/c1-13(29)25-10-17-11-27(22(31)32-17)16-6-7-18(19(23)8-16)15-4-2-14(3-5-15)9-26-21(30)20(24)12-28/h2-8,17,20,28H,9-12,24H2,1H3,(H,25,29)(H,26,30)/t17-,20+/m0/s1. The lowest BCUT2D eigenvalue weighted by molar-refractivity contribution is -0.123. The Labute approximate surface area is 184 Å². The van der Waals surface area contributed by atoms with E-state index in [1.165, 1.54) is 17.9 Å². The van der Waals surface area contributed by atoms with Gasteiger partial charge in [0.1, 0.15) is 18.0 Å².